The molecule has 0 spiro atoms. The molecule has 10 heteroatoms. The SMILES string of the molecule is C[C@]1(c2ccccc2Cl)NC(=O)N(CC(=O)Nc2ccc(F)c(F)c2F)C1=O. The molecule has 2 aromatic carbocycles. The molecular weight excluding hydrogens is 399 g/mol. The lowest BCUT2D eigenvalue weighted by Gasteiger charge is -2.23. The molecule has 1 aliphatic heterocycles. The molecule has 146 valence electrons. The van der Waals surface area contributed by atoms with Crippen LogP contribution in [0.15, 0.2) is 36.4 Å². The highest BCUT2D eigenvalue weighted by molar-refractivity contribution is 6.32. The van der Waals surface area contributed by atoms with Crippen LogP contribution in [-0.4, -0.2) is 29.3 Å². The average molecular weight is 412 g/mol. The molecule has 6 nitrogen and oxygen atoms in total. The molecule has 28 heavy (non-hydrogen) atoms. The van der Waals surface area contributed by atoms with Gasteiger partial charge in [0.05, 0.1) is 5.69 Å². The van der Waals surface area contributed by atoms with E-state index in [1.165, 1.54) is 6.92 Å². The molecule has 4 amide bonds. The van der Waals surface area contributed by atoms with Gasteiger partial charge in [-0.05, 0) is 25.1 Å². The molecule has 2 aromatic rings. The number of hydrogen-bond donors (Lipinski definition) is 2. The van der Waals surface area contributed by atoms with Crippen LogP contribution >= 0.6 is 11.6 Å². The first-order valence-corrected chi connectivity index (χ1v) is 8.35. The number of anilines is 1. The highest BCUT2D eigenvalue weighted by Crippen LogP contribution is 2.33. The van der Waals surface area contributed by atoms with Gasteiger partial charge in [-0.3, -0.25) is 14.5 Å². The van der Waals surface area contributed by atoms with Gasteiger partial charge in [0.1, 0.15) is 12.1 Å². The highest BCUT2D eigenvalue weighted by Gasteiger charge is 2.50. The normalized spacial score (nSPS) is 19.0. The van der Waals surface area contributed by atoms with E-state index in [0.717, 1.165) is 6.07 Å². The Hall–Kier alpha value is -3.07. The van der Waals surface area contributed by atoms with Crippen LogP contribution < -0.4 is 10.6 Å². The summed E-state index contributed by atoms with van der Waals surface area (Å²) in [5, 5.41) is 4.72. The van der Waals surface area contributed by atoms with E-state index >= 15 is 0 Å². The van der Waals surface area contributed by atoms with E-state index < -0.39 is 53.1 Å². The Kier molecular flexibility index (Phi) is 5.03. The third-order valence-electron chi connectivity index (χ3n) is 4.30. The predicted octanol–water partition coefficient (Wildman–Crippen LogP) is 3.16. The summed E-state index contributed by atoms with van der Waals surface area (Å²) in [6.07, 6.45) is 0. The van der Waals surface area contributed by atoms with Gasteiger partial charge in [0.15, 0.2) is 17.5 Å². The number of nitrogens with zero attached hydrogens (tertiary/aromatic N) is 1. The van der Waals surface area contributed by atoms with Gasteiger partial charge in [-0.1, -0.05) is 29.8 Å². The van der Waals surface area contributed by atoms with Crippen LogP contribution in [0, 0.1) is 17.5 Å². The van der Waals surface area contributed by atoms with Crippen molar-refractivity contribution in [1.29, 1.82) is 0 Å². The van der Waals surface area contributed by atoms with Crippen molar-refractivity contribution in [1.82, 2.24) is 10.2 Å². The monoisotopic (exact) mass is 411 g/mol. The summed E-state index contributed by atoms with van der Waals surface area (Å²) in [6, 6.07) is 6.99. The summed E-state index contributed by atoms with van der Waals surface area (Å²) in [5.74, 6) is -6.48. The molecule has 3 rings (SSSR count). The van der Waals surface area contributed by atoms with Crippen molar-refractivity contribution in [3.63, 3.8) is 0 Å². The second-order valence-corrected chi connectivity index (χ2v) is 6.60. The number of nitrogens with one attached hydrogen (secondary N) is 2. The van der Waals surface area contributed by atoms with Crippen LogP contribution in [0.5, 0.6) is 0 Å². The molecule has 2 N–H and O–H groups in total. The number of benzene rings is 2. The van der Waals surface area contributed by atoms with Gasteiger partial charge in [-0.2, -0.15) is 0 Å². The minimum atomic E-state index is -1.75. The van der Waals surface area contributed by atoms with E-state index in [9.17, 15) is 27.6 Å². The number of hydrogen-bond acceptors (Lipinski definition) is 3. The van der Waals surface area contributed by atoms with Gasteiger partial charge >= 0.3 is 6.03 Å². The molecular formula is C18H13ClF3N3O3. The number of urea groups is 1. The molecule has 1 atom stereocenters. The molecule has 1 heterocycles. The molecule has 0 radical (unpaired) electrons. The van der Waals surface area contributed by atoms with Crippen molar-refractivity contribution in [2.45, 2.75) is 12.5 Å². The molecule has 1 fully saturated rings. The number of amides is 4. The van der Waals surface area contributed by atoms with Crippen LogP contribution in [0.1, 0.15) is 12.5 Å². The van der Waals surface area contributed by atoms with E-state index in [2.05, 4.69) is 5.32 Å². The Morgan fingerprint density at radius 2 is 1.82 bits per heavy atom. The van der Waals surface area contributed by atoms with Gasteiger partial charge in [0.2, 0.25) is 5.91 Å². The third kappa shape index (κ3) is 3.29. The van der Waals surface area contributed by atoms with Crippen LogP contribution in [0.3, 0.4) is 0 Å². The second kappa shape index (κ2) is 7.16. The van der Waals surface area contributed by atoms with Crippen molar-refractivity contribution < 1.29 is 27.6 Å². The van der Waals surface area contributed by atoms with Crippen LogP contribution in [0.25, 0.3) is 0 Å². The zero-order valence-corrected chi connectivity index (χ0v) is 15.1. The van der Waals surface area contributed by atoms with E-state index in [4.69, 9.17) is 11.6 Å². The minimum Gasteiger partial charge on any atom is -0.322 e. The topological polar surface area (TPSA) is 78.5 Å². The number of carbonyl (C=O) groups is 3. The maximum Gasteiger partial charge on any atom is 0.325 e. The third-order valence-corrected chi connectivity index (χ3v) is 4.63. The molecule has 1 aliphatic rings. The van der Waals surface area contributed by atoms with E-state index in [0.29, 0.717) is 16.5 Å². The summed E-state index contributed by atoms with van der Waals surface area (Å²) >= 11 is 6.10. The van der Waals surface area contributed by atoms with E-state index in [-0.39, 0.29) is 5.02 Å². The number of imide groups is 1. The maximum absolute atomic E-state index is 13.7. The first kappa shape index (κ1) is 19.7. The standard InChI is InChI=1S/C18H13ClF3N3O3/c1-18(9-4-2-3-5-10(9)19)16(27)25(17(28)24-18)8-13(26)23-12-7-6-11(20)14(21)15(12)22/h2-7H,8H2,1H3,(H,23,26)(H,24,28)/t18-/m1/s1. The number of halogens is 4. The Labute approximate surface area is 162 Å². The van der Waals surface area contributed by atoms with Crippen molar-refractivity contribution in [2.24, 2.45) is 0 Å². The lowest BCUT2D eigenvalue weighted by atomic mass is 9.92. The fourth-order valence-corrected chi connectivity index (χ4v) is 3.17. The van der Waals surface area contributed by atoms with Gasteiger partial charge in [0, 0.05) is 10.6 Å². The van der Waals surface area contributed by atoms with Gasteiger partial charge in [-0.15, -0.1) is 0 Å². The fourth-order valence-electron chi connectivity index (χ4n) is 2.85. The van der Waals surface area contributed by atoms with Crippen molar-refractivity contribution in [3.05, 3.63) is 64.4 Å². The molecule has 1 saturated heterocycles. The maximum atomic E-state index is 13.7. The number of carbonyl (C=O) groups excluding carboxylic acids is 3. The predicted molar refractivity (Wildman–Crippen MR) is 94.0 cm³/mol. The molecule has 0 aromatic heterocycles. The second-order valence-electron chi connectivity index (χ2n) is 6.20. The summed E-state index contributed by atoms with van der Waals surface area (Å²) < 4.78 is 39.9. The van der Waals surface area contributed by atoms with Crippen molar-refractivity contribution in [2.75, 3.05) is 11.9 Å². The lowest BCUT2D eigenvalue weighted by Crippen LogP contribution is -2.42. The summed E-state index contributed by atoms with van der Waals surface area (Å²) in [7, 11) is 0. The molecule has 0 unspecified atom stereocenters. The average Bonchev–Trinajstić information content (AvgIpc) is 2.86. The Bertz CT molecular complexity index is 1000. The van der Waals surface area contributed by atoms with Crippen molar-refractivity contribution in [3.8, 4) is 0 Å². The van der Waals surface area contributed by atoms with Gasteiger partial charge in [0.25, 0.3) is 5.91 Å². The van der Waals surface area contributed by atoms with Crippen LogP contribution in [-0.2, 0) is 15.1 Å². The molecule has 0 saturated carbocycles. The summed E-state index contributed by atoms with van der Waals surface area (Å²) in [6.45, 7) is 0.671. The Balaban J connectivity index is 1.79. The van der Waals surface area contributed by atoms with Gasteiger partial charge in [-0.25, -0.2) is 18.0 Å². The Morgan fingerprint density at radius 3 is 2.50 bits per heavy atom. The highest BCUT2D eigenvalue weighted by atomic mass is 35.5. The fraction of sp³-hybridized carbons (Fsp3) is 0.167. The summed E-state index contributed by atoms with van der Waals surface area (Å²) in [4.78, 5) is 37.7. The lowest BCUT2D eigenvalue weighted by molar-refractivity contribution is -0.133. The van der Waals surface area contributed by atoms with Gasteiger partial charge < -0.3 is 10.6 Å². The number of rotatable bonds is 4. The first-order chi connectivity index (χ1) is 13.1. The Morgan fingerprint density at radius 1 is 1.14 bits per heavy atom. The van der Waals surface area contributed by atoms with Crippen LogP contribution in [0.2, 0.25) is 5.02 Å². The first-order valence-electron chi connectivity index (χ1n) is 7.97. The minimum absolute atomic E-state index is 0.244. The molecule has 0 bridgehead atoms. The zero-order chi connectivity index (χ0) is 20.6. The largest absolute Gasteiger partial charge is 0.325 e. The molecule has 0 aliphatic carbocycles. The van der Waals surface area contributed by atoms with Crippen molar-refractivity contribution >= 4 is 35.1 Å². The quantitative estimate of drug-likeness (QED) is 0.599. The van der Waals surface area contributed by atoms with E-state index in [1.54, 1.807) is 24.3 Å². The van der Waals surface area contributed by atoms with Crippen LogP contribution in [0.4, 0.5) is 23.7 Å². The summed E-state index contributed by atoms with van der Waals surface area (Å²) in [5.41, 5.74) is -1.78. The van der Waals surface area contributed by atoms with E-state index in [1.807, 2.05) is 5.32 Å². The smallest absolute Gasteiger partial charge is 0.322 e. The zero-order valence-electron chi connectivity index (χ0n) is 14.4.